The van der Waals surface area contributed by atoms with Crippen molar-refractivity contribution in [3.8, 4) is 0 Å². The molecule has 7 heteroatoms. The highest BCUT2D eigenvalue weighted by atomic mass is 127. The zero-order chi connectivity index (χ0) is 19.9. The Balaban J connectivity index is 0.00000300. The number of aryl methyl sites for hydroxylation is 2. The average molecular weight is 517 g/mol. The fourth-order valence-corrected chi connectivity index (χ4v) is 4.86. The first-order valence-electron chi connectivity index (χ1n) is 11.2. The third-order valence-corrected chi connectivity index (χ3v) is 6.71. The van der Waals surface area contributed by atoms with Gasteiger partial charge in [0.05, 0.1) is 6.20 Å². The highest BCUT2D eigenvalue weighted by molar-refractivity contribution is 14.0. The molecule has 1 aromatic heterocycles. The van der Waals surface area contributed by atoms with Gasteiger partial charge in [-0.15, -0.1) is 24.0 Å². The lowest BCUT2D eigenvalue weighted by Crippen LogP contribution is -2.55. The first kappa shape index (κ1) is 24.4. The number of aliphatic imine (C=N–C) groups is 1. The Morgan fingerprint density at radius 3 is 2.41 bits per heavy atom. The number of nitrogens with one attached hydrogen (secondary N) is 1. The van der Waals surface area contributed by atoms with E-state index in [9.17, 15) is 0 Å². The van der Waals surface area contributed by atoms with Crippen LogP contribution in [0.4, 0.5) is 0 Å². The topological polar surface area (TPSA) is 48.7 Å². The molecule has 6 nitrogen and oxygen atoms in total. The van der Waals surface area contributed by atoms with Crippen LogP contribution in [0.25, 0.3) is 0 Å². The molecule has 1 aliphatic carbocycles. The van der Waals surface area contributed by atoms with E-state index in [0.717, 1.165) is 56.3 Å². The summed E-state index contributed by atoms with van der Waals surface area (Å²) in [4.78, 5) is 9.69. The van der Waals surface area contributed by atoms with Crippen LogP contribution >= 0.6 is 24.0 Å². The Bertz CT molecular complexity index is 613. The van der Waals surface area contributed by atoms with E-state index in [0.29, 0.717) is 0 Å². The number of aromatic nitrogens is 2. The molecule has 0 aromatic carbocycles. The lowest BCUT2D eigenvalue weighted by Gasteiger charge is -2.43. The summed E-state index contributed by atoms with van der Waals surface area (Å²) in [7, 11) is 3.88. The van der Waals surface area contributed by atoms with E-state index in [4.69, 9.17) is 0 Å². The van der Waals surface area contributed by atoms with Crippen molar-refractivity contribution in [3.63, 3.8) is 0 Å². The zero-order valence-corrected chi connectivity index (χ0v) is 21.1. The SMILES string of the molecule is CN=C(NCCCc1cnn(C)c1)N1CCN(C2CCC(C(C)C)CC2)CC1.I. The average Bonchev–Trinajstić information content (AvgIpc) is 3.13. The van der Waals surface area contributed by atoms with Crippen molar-refractivity contribution in [2.24, 2.45) is 23.9 Å². The number of rotatable bonds is 6. The van der Waals surface area contributed by atoms with Gasteiger partial charge in [0.1, 0.15) is 0 Å². The number of halogens is 1. The molecule has 2 heterocycles. The number of hydrogen-bond acceptors (Lipinski definition) is 3. The molecule has 166 valence electrons. The fraction of sp³-hybridized carbons (Fsp3) is 0.818. The van der Waals surface area contributed by atoms with E-state index in [1.54, 1.807) is 0 Å². The molecule has 1 aromatic rings. The van der Waals surface area contributed by atoms with Crippen LogP contribution in [0.5, 0.6) is 0 Å². The van der Waals surface area contributed by atoms with Crippen LogP contribution in [0.2, 0.25) is 0 Å². The van der Waals surface area contributed by atoms with Crippen molar-refractivity contribution in [2.75, 3.05) is 39.8 Å². The van der Waals surface area contributed by atoms with E-state index in [1.165, 1.54) is 44.3 Å². The van der Waals surface area contributed by atoms with Crippen LogP contribution in [-0.4, -0.2) is 71.4 Å². The lowest BCUT2D eigenvalue weighted by molar-refractivity contribution is 0.0864. The van der Waals surface area contributed by atoms with Gasteiger partial charge in [-0.25, -0.2) is 0 Å². The van der Waals surface area contributed by atoms with E-state index in [-0.39, 0.29) is 24.0 Å². The minimum atomic E-state index is 0. The Labute approximate surface area is 194 Å². The molecule has 1 N–H and O–H groups in total. The molecular formula is C22H41IN6. The maximum Gasteiger partial charge on any atom is 0.193 e. The number of guanidine groups is 1. The Morgan fingerprint density at radius 2 is 1.86 bits per heavy atom. The van der Waals surface area contributed by atoms with Crippen molar-refractivity contribution < 1.29 is 0 Å². The van der Waals surface area contributed by atoms with Crippen LogP contribution in [0.3, 0.4) is 0 Å². The molecule has 2 fully saturated rings. The van der Waals surface area contributed by atoms with Crippen LogP contribution in [0.1, 0.15) is 51.5 Å². The second kappa shape index (κ2) is 12.1. The molecule has 1 saturated carbocycles. The van der Waals surface area contributed by atoms with Crippen molar-refractivity contribution >= 4 is 29.9 Å². The molecule has 0 spiro atoms. The van der Waals surface area contributed by atoms with Gasteiger partial charge in [0.15, 0.2) is 5.96 Å². The number of hydrogen-bond donors (Lipinski definition) is 1. The Kier molecular flexibility index (Phi) is 10.2. The number of nitrogens with zero attached hydrogens (tertiary/aromatic N) is 5. The minimum absolute atomic E-state index is 0. The van der Waals surface area contributed by atoms with Crippen LogP contribution in [0.15, 0.2) is 17.4 Å². The third kappa shape index (κ3) is 7.12. The van der Waals surface area contributed by atoms with Gasteiger partial charge in [-0.2, -0.15) is 5.10 Å². The highest BCUT2D eigenvalue weighted by Gasteiger charge is 2.29. The van der Waals surface area contributed by atoms with Gasteiger partial charge in [0.25, 0.3) is 0 Å². The van der Waals surface area contributed by atoms with Crippen molar-refractivity contribution in [1.29, 1.82) is 0 Å². The van der Waals surface area contributed by atoms with Gasteiger partial charge in [-0.05, 0) is 55.9 Å². The summed E-state index contributed by atoms with van der Waals surface area (Å²) in [6.45, 7) is 10.3. The van der Waals surface area contributed by atoms with E-state index < -0.39 is 0 Å². The van der Waals surface area contributed by atoms with E-state index >= 15 is 0 Å². The molecule has 0 atom stereocenters. The van der Waals surface area contributed by atoms with Crippen LogP contribution in [-0.2, 0) is 13.5 Å². The van der Waals surface area contributed by atoms with Gasteiger partial charge in [0.2, 0.25) is 0 Å². The smallest absolute Gasteiger partial charge is 0.193 e. The monoisotopic (exact) mass is 516 g/mol. The van der Waals surface area contributed by atoms with Gasteiger partial charge in [0, 0.05) is 59.1 Å². The first-order valence-corrected chi connectivity index (χ1v) is 11.2. The lowest BCUT2D eigenvalue weighted by atomic mass is 9.79. The molecule has 0 unspecified atom stereocenters. The Hall–Kier alpha value is -0.830. The molecular weight excluding hydrogens is 475 g/mol. The van der Waals surface area contributed by atoms with Crippen molar-refractivity contribution in [3.05, 3.63) is 18.0 Å². The third-order valence-electron chi connectivity index (χ3n) is 6.71. The summed E-state index contributed by atoms with van der Waals surface area (Å²) in [5, 5.41) is 7.80. The maximum atomic E-state index is 4.52. The van der Waals surface area contributed by atoms with E-state index in [1.807, 2.05) is 25.0 Å². The predicted octanol–water partition coefficient (Wildman–Crippen LogP) is 3.38. The molecule has 1 aliphatic heterocycles. The Morgan fingerprint density at radius 1 is 1.17 bits per heavy atom. The second-order valence-corrected chi connectivity index (χ2v) is 8.94. The molecule has 1 saturated heterocycles. The van der Waals surface area contributed by atoms with E-state index in [2.05, 4.69) is 45.3 Å². The van der Waals surface area contributed by atoms with Crippen LogP contribution in [0, 0.1) is 11.8 Å². The molecule has 3 rings (SSSR count). The van der Waals surface area contributed by atoms with Gasteiger partial charge < -0.3 is 10.2 Å². The standard InChI is InChI=1S/C22H40N6.HI/c1-18(2)20-7-9-21(10-8-20)27-12-14-28(15-13-27)22(23-3)24-11-5-6-19-16-25-26(4)17-19;/h16-18,20-21H,5-15H2,1-4H3,(H,23,24);1H. The molecule has 0 radical (unpaired) electrons. The second-order valence-electron chi connectivity index (χ2n) is 8.94. The van der Waals surface area contributed by atoms with Crippen molar-refractivity contribution in [1.82, 2.24) is 24.9 Å². The summed E-state index contributed by atoms with van der Waals surface area (Å²) < 4.78 is 1.87. The number of piperazine rings is 1. The molecule has 29 heavy (non-hydrogen) atoms. The zero-order valence-electron chi connectivity index (χ0n) is 18.8. The normalized spacial score (nSPS) is 23.9. The van der Waals surface area contributed by atoms with Gasteiger partial charge in [-0.3, -0.25) is 14.6 Å². The molecule has 0 bridgehead atoms. The van der Waals surface area contributed by atoms with Crippen molar-refractivity contribution in [2.45, 2.75) is 58.4 Å². The van der Waals surface area contributed by atoms with Gasteiger partial charge in [-0.1, -0.05) is 13.8 Å². The summed E-state index contributed by atoms with van der Waals surface area (Å²) in [6.07, 6.45) is 11.8. The highest BCUT2D eigenvalue weighted by Crippen LogP contribution is 2.32. The largest absolute Gasteiger partial charge is 0.356 e. The first-order chi connectivity index (χ1) is 13.6. The quantitative estimate of drug-likeness (QED) is 0.273. The maximum absolute atomic E-state index is 4.52. The van der Waals surface area contributed by atoms with Crippen LogP contribution < -0.4 is 5.32 Å². The van der Waals surface area contributed by atoms with Gasteiger partial charge >= 0.3 is 0 Å². The predicted molar refractivity (Wildman–Crippen MR) is 132 cm³/mol. The molecule has 0 amide bonds. The summed E-state index contributed by atoms with van der Waals surface area (Å²) in [5.74, 6) is 2.87. The summed E-state index contributed by atoms with van der Waals surface area (Å²) in [6, 6.07) is 0.812. The summed E-state index contributed by atoms with van der Waals surface area (Å²) in [5.41, 5.74) is 1.31. The fourth-order valence-electron chi connectivity index (χ4n) is 4.86. The summed E-state index contributed by atoms with van der Waals surface area (Å²) >= 11 is 0. The molecule has 2 aliphatic rings. The minimum Gasteiger partial charge on any atom is -0.356 e.